The van der Waals surface area contributed by atoms with Gasteiger partial charge in [-0.15, -0.1) is 0 Å². The number of aliphatic carboxylic acids is 2. The van der Waals surface area contributed by atoms with Crippen molar-refractivity contribution in [3.05, 3.63) is 0 Å². The molecule has 0 heterocycles. The van der Waals surface area contributed by atoms with Gasteiger partial charge in [-0.1, -0.05) is 0 Å². The first-order valence-corrected chi connectivity index (χ1v) is 6.01. The first-order valence-electron chi connectivity index (χ1n) is 6.01. The second kappa shape index (κ2) is 36.5. The molecule has 0 fully saturated rings. The molecule has 133 valence electrons. The molecule has 0 saturated heterocycles. The van der Waals surface area contributed by atoms with Gasteiger partial charge in [0.05, 0.1) is 12.8 Å². The van der Waals surface area contributed by atoms with Gasteiger partial charge in [-0.3, -0.25) is 9.59 Å². The maximum absolute atomic E-state index is 9.64. The molecule has 0 aliphatic rings. The van der Waals surface area contributed by atoms with Crippen LogP contribution in [-0.4, -0.2) is 61.4 Å². The van der Waals surface area contributed by atoms with Gasteiger partial charge >= 0.3 is 11.9 Å². The summed E-state index contributed by atoms with van der Waals surface area (Å²) in [5, 5.41) is 15.8. The van der Waals surface area contributed by atoms with Gasteiger partial charge in [0.25, 0.3) is 0 Å². The molecular formula is C10H30CoN6O4. The van der Waals surface area contributed by atoms with Gasteiger partial charge in [-0.25, -0.2) is 0 Å². The van der Waals surface area contributed by atoms with Crippen molar-refractivity contribution in [2.24, 2.45) is 34.4 Å². The molecule has 0 aromatic carbocycles. The minimum Gasteiger partial charge on any atom is -0.481 e. The van der Waals surface area contributed by atoms with Gasteiger partial charge in [0.1, 0.15) is 0 Å². The van der Waals surface area contributed by atoms with E-state index < -0.39 is 11.9 Å². The summed E-state index contributed by atoms with van der Waals surface area (Å²) < 4.78 is 0. The van der Waals surface area contributed by atoms with Crippen LogP contribution in [0.1, 0.15) is 12.8 Å². The third-order valence-electron chi connectivity index (χ3n) is 1.05. The van der Waals surface area contributed by atoms with Crippen molar-refractivity contribution in [1.82, 2.24) is 0 Å². The van der Waals surface area contributed by atoms with Crippen molar-refractivity contribution in [1.29, 1.82) is 0 Å². The topological polar surface area (TPSA) is 231 Å². The molecule has 0 amide bonds. The quantitative estimate of drug-likeness (QED) is 0.235. The van der Waals surface area contributed by atoms with E-state index in [2.05, 4.69) is 0 Å². The fraction of sp³-hybridized carbons (Fsp3) is 0.800. The molecule has 0 atom stereocenters. The maximum Gasteiger partial charge on any atom is 0.303 e. The number of nitrogens with two attached hydrogens (primary N) is 6. The average Bonchev–Trinajstić information content (AvgIpc) is 2.45. The van der Waals surface area contributed by atoms with Gasteiger partial charge in [-0.2, -0.15) is 0 Å². The Morgan fingerprint density at radius 3 is 0.762 bits per heavy atom. The number of carboxylic acid groups (broad SMARTS) is 2. The Kier molecular flexibility index (Phi) is 56.0. The van der Waals surface area contributed by atoms with Crippen molar-refractivity contribution in [2.75, 3.05) is 39.3 Å². The molecule has 0 aromatic rings. The predicted molar refractivity (Wildman–Crippen MR) is 78.8 cm³/mol. The summed E-state index contributed by atoms with van der Waals surface area (Å²) in [6.07, 6.45) is -0.593. The second-order valence-corrected chi connectivity index (χ2v) is 3.02. The standard InChI is InChI=1S/C4H6O4.3C2H8N2.Co/c5-3(6)1-2-4(7)8;3*3-1-2-4;/h1-2H2,(H,5,6)(H,7,8);3*1-4H2;. The van der Waals surface area contributed by atoms with Crippen molar-refractivity contribution >= 4 is 11.9 Å². The molecule has 0 unspecified atom stereocenters. The third kappa shape index (κ3) is 109. The Morgan fingerprint density at radius 1 is 0.571 bits per heavy atom. The fourth-order valence-corrected chi connectivity index (χ4v) is 0.214. The zero-order chi connectivity index (χ0) is 16.8. The van der Waals surface area contributed by atoms with Crippen LogP contribution < -0.4 is 34.4 Å². The molecular weight excluding hydrogens is 327 g/mol. The summed E-state index contributed by atoms with van der Waals surface area (Å²) in [7, 11) is 0. The van der Waals surface area contributed by atoms with E-state index in [9.17, 15) is 9.59 Å². The van der Waals surface area contributed by atoms with Crippen molar-refractivity contribution in [2.45, 2.75) is 12.8 Å². The average molecular weight is 357 g/mol. The van der Waals surface area contributed by atoms with Gasteiger partial charge < -0.3 is 44.6 Å². The summed E-state index contributed by atoms with van der Waals surface area (Å²) in [4.78, 5) is 19.3. The van der Waals surface area contributed by atoms with Crippen LogP contribution in [0.4, 0.5) is 0 Å². The Hall–Kier alpha value is -0.794. The predicted octanol–water partition coefficient (Wildman–Crippen LogP) is -3.36. The number of hydrogen-bond donors (Lipinski definition) is 8. The number of carbonyl (C=O) groups is 2. The van der Waals surface area contributed by atoms with Gasteiger partial charge in [0.2, 0.25) is 0 Å². The molecule has 14 N–H and O–H groups in total. The van der Waals surface area contributed by atoms with Crippen LogP contribution >= 0.6 is 0 Å². The molecule has 11 heteroatoms. The van der Waals surface area contributed by atoms with Crippen LogP contribution in [0.25, 0.3) is 0 Å². The van der Waals surface area contributed by atoms with Crippen LogP contribution in [0.5, 0.6) is 0 Å². The first-order chi connectivity index (χ1) is 9.37. The molecule has 0 aliphatic heterocycles. The zero-order valence-electron chi connectivity index (χ0n) is 12.2. The summed E-state index contributed by atoms with van der Waals surface area (Å²) in [6.45, 7) is 3.58. The monoisotopic (exact) mass is 357 g/mol. The summed E-state index contributed by atoms with van der Waals surface area (Å²) in [5.41, 5.74) is 29.4. The van der Waals surface area contributed by atoms with Crippen LogP contribution in [0, 0.1) is 0 Å². The molecule has 0 spiro atoms. The van der Waals surface area contributed by atoms with E-state index in [4.69, 9.17) is 44.6 Å². The van der Waals surface area contributed by atoms with E-state index in [1.165, 1.54) is 0 Å². The minimum atomic E-state index is -1.08. The minimum absolute atomic E-state index is 0. The molecule has 0 rings (SSSR count). The summed E-state index contributed by atoms with van der Waals surface area (Å²) in [6, 6.07) is 0. The molecule has 21 heavy (non-hydrogen) atoms. The first kappa shape index (κ1) is 32.2. The fourth-order valence-electron chi connectivity index (χ4n) is 0.214. The molecule has 0 aliphatic carbocycles. The van der Waals surface area contributed by atoms with E-state index in [1.807, 2.05) is 0 Å². The van der Waals surface area contributed by atoms with Crippen LogP contribution in [-0.2, 0) is 26.4 Å². The van der Waals surface area contributed by atoms with Gasteiger partial charge in [-0.05, 0) is 0 Å². The number of rotatable bonds is 6. The molecule has 0 saturated carbocycles. The summed E-state index contributed by atoms with van der Waals surface area (Å²) >= 11 is 0. The van der Waals surface area contributed by atoms with E-state index in [0.717, 1.165) is 0 Å². The summed E-state index contributed by atoms with van der Waals surface area (Å²) in [5.74, 6) is -2.15. The van der Waals surface area contributed by atoms with Crippen molar-refractivity contribution in [3.63, 3.8) is 0 Å². The third-order valence-corrected chi connectivity index (χ3v) is 1.05. The van der Waals surface area contributed by atoms with Gasteiger partial charge in [0.15, 0.2) is 0 Å². The Morgan fingerprint density at radius 2 is 0.714 bits per heavy atom. The Balaban J connectivity index is -0.0000000570. The largest absolute Gasteiger partial charge is 0.481 e. The van der Waals surface area contributed by atoms with E-state index in [-0.39, 0.29) is 29.6 Å². The van der Waals surface area contributed by atoms with Crippen LogP contribution in [0.2, 0.25) is 0 Å². The maximum atomic E-state index is 9.64. The molecule has 0 aromatic heterocycles. The molecule has 0 bridgehead atoms. The SMILES string of the molecule is NCCN.NCCN.NCCN.O=C(O)CCC(=O)O.[Co]. The Labute approximate surface area is 135 Å². The molecule has 1 radical (unpaired) electrons. The normalized spacial score (nSPS) is 7.52. The Bertz CT molecular complexity index is 171. The van der Waals surface area contributed by atoms with Crippen molar-refractivity contribution < 1.29 is 36.6 Å². The van der Waals surface area contributed by atoms with Crippen LogP contribution in [0.15, 0.2) is 0 Å². The smallest absolute Gasteiger partial charge is 0.303 e. The van der Waals surface area contributed by atoms with Gasteiger partial charge in [0, 0.05) is 56.0 Å². The van der Waals surface area contributed by atoms with E-state index >= 15 is 0 Å². The number of carboxylic acids is 2. The van der Waals surface area contributed by atoms with E-state index in [1.54, 1.807) is 0 Å². The number of hydrogen-bond acceptors (Lipinski definition) is 8. The zero-order valence-corrected chi connectivity index (χ0v) is 13.2. The second-order valence-electron chi connectivity index (χ2n) is 3.02. The van der Waals surface area contributed by atoms with Crippen LogP contribution in [0.3, 0.4) is 0 Å². The molecule has 10 nitrogen and oxygen atoms in total. The van der Waals surface area contributed by atoms with Crippen molar-refractivity contribution in [3.8, 4) is 0 Å². The van der Waals surface area contributed by atoms with E-state index in [0.29, 0.717) is 39.3 Å².